The Kier molecular flexibility index (Phi) is 4.54. The van der Waals surface area contributed by atoms with Crippen LogP contribution in [-0.4, -0.2) is 26.1 Å². The van der Waals surface area contributed by atoms with E-state index in [1.54, 1.807) is 10.8 Å². The molecular weight excluding hydrogens is 290 g/mol. The SMILES string of the molecule is O=C(/C=C/c1ccc(-n2cnnn2)cc1)NCc1ccccc1. The van der Waals surface area contributed by atoms with Gasteiger partial charge < -0.3 is 5.32 Å². The third kappa shape index (κ3) is 4.10. The summed E-state index contributed by atoms with van der Waals surface area (Å²) in [6, 6.07) is 17.4. The molecule has 0 saturated carbocycles. The number of carbonyl (C=O) groups excluding carboxylic acids is 1. The largest absolute Gasteiger partial charge is 0.348 e. The summed E-state index contributed by atoms with van der Waals surface area (Å²) in [5.74, 6) is -0.126. The number of hydrogen-bond acceptors (Lipinski definition) is 4. The van der Waals surface area contributed by atoms with Crippen molar-refractivity contribution in [1.82, 2.24) is 25.5 Å². The molecule has 0 radical (unpaired) electrons. The third-order valence-corrected chi connectivity index (χ3v) is 3.24. The second kappa shape index (κ2) is 7.13. The van der Waals surface area contributed by atoms with Crippen molar-refractivity contribution >= 4 is 12.0 Å². The first-order chi connectivity index (χ1) is 11.3. The minimum atomic E-state index is -0.126. The molecule has 0 aliphatic heterocycles. The highest BCUT2D eigenvalue weighted by atomic mass is 16.1. The molecule has 1 heterocycles. The van der Waals surface area contributed by atoms with E-state index in [1.807, 2.05) is 54.6 Å². The summed E-state index contributed by atoms with van der Waals surface area (Å²) in [4.78, 5) is 11.8. The van der Waals surface area contributed by atoms with Crippen LogP contribution in [0.25, 0.3) is 11.8 Å². The van der Waals surface area contributed by atoms with Crippen LogP contribution in [0.15, 0.2) is 67.0 Å². The average Bonchev–Trinajstić information content (AvgIpc) is 3.14. The zero-order valence-corrected chi connectivity index (χ0v) is 12.3. The lowest BCUT2D eigenvalue weighted by Crippen LogP contribution is -2.20. The molecule has 3 aromatic rings. The predicted octanol–water partition coefficient (Wildman–Crippen LogP) is 1.99. The van der Waals surface area contributed by atoms with E-state index in [0.29, 0.717) is 6.54 Å². The molecule has 0 aliphatic rings. The maximum Gasteiger partial charge on any atom is 0.244 e. The summed E-state index contributed by atoms with van der Waals surface area (Å²) < 4.78 is 1.57. The molecule has 1 N–H and O–H groups in total. The zero-order valence-electron chi connectivity index (χ0n) is 12.3. The Morgan fingerprint density at radius 1 is 1.09 bits per heavy atom. The van der Waals surface area contributed by atoms with Crippen LogP contribution in [-0.2, 0) is 11.3 Å². The molecule has 0 saturated heterocycles. The number of nitrogens with zero attached hydrogens (tertiary/aromatic N) is 4. The monoisotopic (exact) mass is 305 g/mol. The van der Waals surface area contributed by atoms with Crippen LogP contribution in [0.2, 0.25) is 0 Å². The second-order valence-electron chi connectivity index (χ2n) is 4.88. The summed E-state index contributed by atoms with van der Waals surface area (Å²) in [7, 11) is 0. The fraction of sp³-hybridized carbons (Fsp3) is 0.0588. The lowest BCUT2D eigenvalue weighted by Gasteiger charge is -2.02. The van der Waals surface area contributed by atoms with Crippen molar-refractivity contribution in [3.05, 3.63) is 78.1 Å². The van der Waals surface area contributed by atoms with Gasteiger partial charge in [-0.2, -0.15) is 0 Å². The quantitative estimate of drug-likeness (QED) is 0.732. The summed E-state index contributed by atoms with van der Waals surface area (Å²) in [5, 5.41) is 13.8. The van der Waals surface area contributed by atoms with Gasteiger partial charge in [0, 0.05) is 12.6 Å². The third-order valence-electron chi connectivity index (χ3n) is 3.24. The molecule has 1 amide bonds. The van der Waals surface area contributed by atoms with Crippen molar-refractivity contribution in [1.29, 1.82) is 0 Å². The Labute approximate surface area is 133 Å². The van der Waals surface area contributed by atoms with Gasteiger partial charge in [0.15, 0.2) is 0 Å². The maximum absolute atomic E-state index is 11.8. The minimum Gasteiger partial charge on any atom is -0.348 e. The topological polar surface area (TPSA) is 72.7 Å². The molecule has 0 aliphatic carbocycles. The van der Waals surface area contributed by atoms with Crippen molar-refractivity contribution in [2.45, 2.75) is 6.54 Å². The predicted molar refractivity (Wildman–Crippen MR) is 86.5 cm³/mol. The van der Waals surface area contributed by atoms with Crippen molar-refractivity contribution in [3.8, 4) is 5.69 Å². The molecule has 0 atom stereocenters. The number of nitrogens with one attached hydrogen (secondary N) is 1. The van der Waals surface area contributed by atoms with Gasteiger partial charge in [0.1, 0.15) is 6.33 Å². The molecular formula is C17H15N5O. The van der Waals surface area contributed by atoms with E-state index in [0.717, 1.165) is 16.8 Å². The summed E-state index contributed by atoms with van der Waals surface area (Å²) in [5.41, 5.74) is 2.86. The second-order valence-corrected chi connectivity index (χ2v) is 4.88. The van der Waals surface area contributed by atoms with Crippen LogP contribution in [0.5, 0.6) is 0 Å². The number of amides is 1. The van der Waals surface area contributed by atoms with Crippen LogP contribution < -0.4 is 5.32 Å². The Hall–Kier alpha value is -3.28. The molecule has 0 spiro atoms. The van der Waals surface area contributed by atoms with E-state index < -0.39 is 0 Å². The van der Waals surface area contributed by atoms with E-state index in [4.69, 9.17) is 0 Å². The number of hydrogen-bond donors (Lipinski definition) is 1. The Morgan fingerprint density at radius 2 is 1.87 bits per heavy atom. The lowest BCUT2D eigenvalue weighted by atomic mass is 10.2. The Bertz CT molecular complexity index is 780. The van der Waals surface area contributed by atoms with E-state index in [1.165, 1.54) is 12.4 Å². The van der Waals surface area contributed by atoms with Gasteiger partial charge in [0.05, 0.1) is 5.69 Å². The van der Waals surface area contributed by atoms with Crippen LogP contribution >= 0.6 is 0 Å². The first kappa shape index (κ1) is 14.6. The highest BCUT2D eigenvalue weighted by molar-refractivity contribution is 5.91. The molecule has 0 unspecified atom stereocenters. The molecule has 2 aromatic carbocycles. The fourth-order valence-corrected chi connectivity index (χ4v) is 2.03. The van der Waals surface area contributed by atoms with E-state index in [-0.39, 0.29) is 5.91 Å². The van der Waals surface area contributed by atoms with Gasteiger partial charge in [-0.3, -0.25) is 4.79 Å². The average molecular weight is 305 g/mol. The van der Waals surface area contributed by atoms with Crippen molar-refractivity contribution in [3.63, 3.8) is 0 Å². The zero-order chi connectivity index (χ0) is 15.9. The van der Waals surface area contributed by atoms with Gasteiger partial charge in [-0.1, -0.05) is 42.5 Å². The first-order valence-electron chi connectivity index (χ1n) is 7.14. The molecule has 23 heavy (non-hydrogen) atoms. The van der Waals surface area contributed by atoms with Crippen LogP contribution in [0.3, 0.4) is 0 Å². The number of benzene rings is 2. The van der Waals surface area contributed by atoms with Crippen LogP contribution in [0.1, 0.15) is 11.1 Å². The smallest absolute Gasteiger partial charge is 0.244 e. The van der Waals surface area contributed by atoms with Gasteiger partial charge in [0.2, 0.25) is 5.91 Å². The fourth-order valence-electron chi connectivity index (χ4n) is 2.03. The summed E-state index contributed by atoms with van der Waals surface area (Å²) in [6.45, 7) is 0.516. The van der Waals surface area contributed by atoms with Gasteiger partial charge in [-0.15, -0.1) is 5.10 Å². The molecule has 0 bridgehead atoms. The Morgan fingerprint density at radius 3 is 2.57 bits per heavy atom. The maximum atomic E-state index is 11.8. The molecule has 0 fully saturated rings. The van der Waals surface area contributed by atoms with E-state index in [9.17, 15) is 4.79 Å². The Balaban J connectivity index is 1.56. The number of aromatic nitrogens is 4. The molecule has 114 valence electrons. The van der Waals surface area contributed by atoms with E-state index >= 15 is 0 Å². The lowest BCUT2D eigenvalue weighted by molar-refractivity contribution is -0.116. The molecule has 1 aromatic heterocycles. The van der Waals surface area contributed by atoms with Crippen molar-refractivity contribution < 1.29 is 4.79 Å². The molecule has 3 rings (SSSR count). The molecule has 6 nitrogen and oxygen atoms in total. The van der Waals surface area contributed by atoms with Gasteiger partial charge in [-0.05, 0) is 39.8 Å². The van der Waals surface area contributed by atoms with Crippen molar-refractivity contribution in [2.24, 2.45) is 0 Å². The van der Waals surface area contributed by atoms with Crippen LogP contribution in [0, 0.1) is 0 Å². The van der Waals surface area contributed by atoms with E-state index in [2.05, 4.69) is 20.8 Å². The summed E-state index contributed by atoms with van der Waals surface area (Å²) in [6.07, 6.45) is 4.82. The van der Waals surface area contributed by atoms with Crippen LogP contribution in [0.4, 0.5) is 0 Å². The van der Waals surface area contributed by atoms with Gasteiger partial charge >= 0.3 is 0 Å². The van der Waals surface area contributed by atoms with Gasteiger partial charge in [0.25, 0.3) is 0 Å². The number of tetrazole rings is 1. The normalized spacial score (nSPS) is 10.8. The standard InChI is InChI=1S/C17H15N5O/c23-17(18-12-15-4-2-1-3-5-15)11-8-14-6-9-16(10-7-14)22-13-19-20-21-22/h1-11,13H,12H2,(H,18,23)/b11-8+. The molecule has 6 heteroatoms. The summed E-state index contributed by atoms with van der Waals surface area (Å²) >= 11 is 0. The number of carbonyl (C=O) groups is 1. The number of rotatable bonds is 5. The minimum absolute atomic E-state index is 0.126. The highest BCUT2D eigenvalue weighted by Crippen LogP contribution is 2.09. The van der Waals surface area contributed by atoms with Crippen molar-refractivity contribution in [2.75, 3.05) is 0 Å². The van der Waals surface area contributed by atoms with Gasteiger partial charge in [-0.25, -0.2) is 4.68 Å². The highest BCUT2D eigenvalue weighted by Gasteiger charge is 1.98. The first-order valence-corrected chi connectivity index (χ1v) is 7.14.